The number of hydrogen-bond acceptors (Lipinski definition) is 3. The Bertz CT molecular complexity index is 844. The Balaban J connectivity index is 2.12. The predicted octanol–water partition coefficient (Wildman–Crippen LogP) is 2.67. The lowest BCUT2D eigenvalue weighted by molar-refractivity contribution is 0.0696. The molecule has 0 aliphatic carbocycles. The highest BCUT2D eigenvalue weighted by atomic mass is 16.4. The zero-order chi connectivity index (χ0) is 14.1. The minimum atomic E-state index is -1.03. The van der Waals surface area contributed by atoms with Gasteiger partial charge in [0.2, 0.25) is 0 Å². The van der Waals surface area contributed by atoms with Gasteiger partial charge >= 0.3 is 5.97 Å². The zero-order valence-corrected chi connectivity index (χ0v) is 10.2. The van der Waals surface area contributed by atoms with E-state index in [1.165, 1.54) is 12.3 Å². The van der Waals surface area contributed by atoms with Crippen LogP contribution in [0.15, 0.2) is 42.9 Å². The van der Waals surface area contributed by atoms with E-state index in [1.54, 1.807) is 35.2 Å². The fraction of sp³-hybridized carbons (Fsp3) is 0. The zero-order valence-electron chi connectivity index (χ0n) is 10.2. The topological polar surface area (TPSA) is 72.4 Å². The summed E-state index contributed by atoms with van der Waals surface area (Å²) >= 11 is 0. The van der Waals surface area contributed by atoms with Gasteiger partial charge in [-0.15, -0.1) is 0 Å². The van der Waals surface area contributed by atoms with Crippen LogP contribution in [0.3, 0.4) is 0 Å². The van der Waals surface area contributed by atoms with Gasteiger partial charge in [-0.3, -0.25) is 4.57 Å². The molecule has 0 bridgehead atoms. The molecule has 0 saturated heterocycles. The highest BCUT2D eigenvalue weighted by Gasteiger charge is 2.10. The van der Waals surface area contributed by atoms with Crippen LogP contribution in [-0.2, 0) is 0 Å². The third-order valence-corrected chi connectivity index (χ3v) is 2.89. The molecule has 20 heavy (non-hydrogen) atoms. The van der Waals surface area contributed by atoms with Crippen LogP contribution in [0.5, 0.6) is 0 Å². The van der Waals surface area contributed by atoms with Crippen LogP contribution in [0, 0.1) is 6.57 Å². The fourth-order valence-corrected chi connectivity index (χ4v) is 1.89. The summed E-state index contributed by atoms with van der Waals surface area (Å²) < 4.78 is 1.74. The first-order valence-corrected chi connectivity index (χ1v) is 5.73. The standard InChI is InChI=1S/C14H8N4O2/c1-15-10-2-4-11(5-3-10)18-8-17-12-6-9(14(19)20)7-16-13(12)18/h2-8H,(H,19,20). The van der Waals surface area contributed by atoms with E-state index in [-0.39, 0.29) is 5.56 Å². The number of aromatic nitrogens is 3. The van der Waals surface area contributed by atoms with Gasteiger partial charge in [0.05, 0.1) is 12.1 Å². The number of hydrogen-bond donors (Lipinski definition) is 1. The molecule has 0 spiro atoms. The van der Waals surface area contributed by atoms with Crippen LogP contribution in [0.25, 0.3) is 21.7 Å². The van der Waals surface area contributed by atoms with E-state index in [9.17, 15) is 4.79 Å². The van der Waals surface area contributed by atoms with Gasteiger partial charge in [0.15, 0.2) is 11.3 Å². The second kappa shape index (κ2) is 4.48. The van der Waals surface area contributed by atoms with E-state index in [4.69, 9.17) is 11.7 Å². The van der Waals surface area contributed by atoms with Gasteiger partial charge in [-0.1, -0.05) is 12.1 Å². The van der Waals surface area contributed by atoms with Crippen molar-refractivity contribution in [3.63, 3.8) is 0 Å². The highest BCUT2D eigenvalue weighted by molar-refractivity contribution is 5.91. The van der Waals surface area contributed by atoms with E-state index in [1.807, 2.05) is 0 Å². The molecule has 3 rings (SSSR count). The second-order valence-corrected chi connectivity index (χ2v) is 4.11. The van der Waals surface area contributed by atoms with Crippen molar-refractivity contribution in [3.05, 3.63) is 59.8 Å². The summed E-state index contributed by atoms with van der Waals surface area (Å²) in [7, 11) is 0. The Morgan fingerprint density at radius 3 is 2.65 bits per heavy atom. The van der Waals surface area contributed by atoms with E-state index >= 15 is 0 Å². The lowest BCUT2D eigenvalue weighted by atomic mass is 10.2. The quantitative estimate of drug-likeness (QED) is 0.722. The van der Waals surface area contributed by atoms with Crippen molar-refractivity contribution in [1.82, 2.24) is 14.5 Å². The van der Waals surface area contributed by atoms with Crippen LogP contribution in [0.4, 0.5) is 5.69 Å². The van der Waals surface area contributed by atoms with Gasteiger partial charge in [0.1, 0.15) is 11.8 Å². The number of aromatic carboxylic acids is 1. The molecule has 0 fully saturated rings. The molecule has 6 heteroatoms. The molecule has 0 saturated carbocycles. The number of fused-ring (bicyclic) bond motifs is 1. The highest BCUT2D eigenvalue weighted by Crippen LogP contribution is 2.20. The third-order valence-electron chi connectivity index (χ3n) is 2.89. The molecule has 96 valence electrons. The molecule has 0 atom stereocenters. The lowest BCUT2D eigenvalue weighted by Crippen LogP contribution is -1.98. The van der Waals surface area contributed by atoms with Crippen LogP contribution in [-0.4, -0.2) is 25.6 Å². The second-order valence-electron chi connectivity index (χ2n) is 4.11. The molecule has 2 aromatic heterocycles. The monoisotopic (exact) mass is 264 g/mol. The maximum Gasteiger partial charge on any atom is 0.337 e. The largest absolute Gasteiger partial charge is 0.478 e. The Labute approximate surface area is 113 Å². The molecule has 3 aromatic rings. The molecule has 0 unspecified atom stereocenters. The predicted molar refractivity (Wildman–Crippen MR) is 72.1 cm³/mol. The Morgan fingerprint density at radius 2 is 2.00 bits per heavy atom. The SMILES string of the molecule is [C-]#[N+]c1ccc(-n2cnc3cc(C(=O)O)cnc32)cc1. The van der Waals surface area contributed by atoms with Crippen molar-refractivity contribution in [2.45, 2.75) is 0 Å². The Morgan fingerprint density at radius 1 is 1.25 bits per heavy atom. The number of rotatable bonds is 2. The molecule has 1 aromatic carbocycles. The maximum atomic E-state index is 10.9. The summed E-state index contributed by atoms with van der Waals surface area (Å²) in [4.78, 5) is 22.5. The van der Waals surface area contributed by atoms with Crippen molar-refractivity contribution in [2.75, 3.05) is 0 Å². The number of benzene rings is 1. The molecule has 0 radical (unpaired) electrons. The van der Waals surface area contributed by atoms with Gasteiger partial charge in [-0.05, 0) is 18.2 Å². The molecule has 2 heterocycles. The molecular formula is C14H8N4O2. The number of nitrogens with zero attached hydrogens (tertiary/aromatic N) is 4. The van der Waals surface area contributed by atoms with Crippen LogP contribution < -0.4 is 0 Å². The van der Waals surface area contributed by atoms with Gasteiger partial charge in [-0.2, -0.15) is 0 Å². The van der Waals surface area contributed by atoms with E-state index in [0.29, 0.717) is 16.9 Å². The number of imidazole rings is 1. The van der Waals surface area contributed by atoms with Crippen molar-refractivity contribution in [3.8, 4) is 5.69 Å². The minimum Gasteiger partial charge on any atom is -0.478 e. The minimum absolute atomic E-state index is 0.103. The van der Waals surface area contributed by atoms with Crippen LogP contribution in [0.1, 0.15) is 10.4 Å². The molecular weight excluding hydrogens is 256 g/mol. The average Bonchev–Trinajstić information content (AvgIpc) is 2.90. The summed E-state index contributed by atoms with van der Waals surface area (Å²) in [5.74, 6) is -1.03. The summed E-state index contributed by atoms with van der Waals surface area (Å²) in [5, 5.41) is 8.92. The Kier molecular flexibility index (Phi) is 2.66. The molecule has 0 aliphatic rings. The third kappa shape index (κ3) is 1.87. The van der Waals surface area contributed by atoms with E-state index in [2.05, 4.69) is 14.8 Å². The van der Waals surface area contributed by atoms with Crippen LogP contribution >= 0.6 is 0 Å². The molecule has 0 amide bonds. The van der Waals surface area contributed by atoms with Gasteiger partial charge in [-0.25, -0.2) is 19.6 Å². The van der Waals surface area contributed by atoms with Gasteiger partial charge in [0.25, 0.3) is 0 Å². The number of carboxylic acids is 1. The summed E-state index contributed by atoms with van der Waals surface area (Å²) in [6.07, 6.45) is 2.88. The van der Waals surface area contributed by atoms with Gasteiger partial charge < -0.3 is 5.11 Å². The first-order valence-electron chi connectivity index (χ1n) is 5.73. The average molecular weight is 264 g/mol. The summed E-state index contributed by atoms with van der Waals surface area (Å²) in [5.41, 5.74) is 2.56. The Hall–Kier alpha value is -3.20. The van der Waals surface area contributed by atoms with Crippen molar-refractivity contribution < 1.29 is 9.90 Å². The van der Waals surface area contributed by atoms with Crippen molar-refractivity contribution >= 4 is 22.8 Å². The number of pyridine rings is 1. The maximum absolute atomic E-state index is 10.9. The van der Waals surface area contributed by atoms with Crippen LogP contribution in [0.2, 0.25) is 0 Å². The number of carbonyl (C=O) groups is 1. The van der Waals surface area contributed by atoms with Crippen molar-refractivity contribution in [1.29, 1.82) is 0 Å². The van der Waals surface area contributed by atoms with Gasteiger partial charge in [0, 0.05) is 11.9 Å². The van der Waals surface area contributed by atoms with E-state index in [0.717, 1.165) is 5.69 Å². The first-order chi connectivity index (χ1) is 9.69. The summed E-state index contributed by atoms with van der Waals surface area (Å²) in [6.45, 7) is 6.92. The molecule has 6 nitrogen and oxygen atoms in total. The first kappa shape index (κ1) is 11.9. The van der Waals surface area contributed by atoms with Crippen molar-refractivity contribution in [2.24, 2.45) is 0 Å². The normalized spacial score (nSPS) is 10.3. The number of carboxylic acid groups (broad SMARTS) is 1. The fourth-order valence-electron chi connectivity index (χ4n) is 1.89. The lowest BCUT2D eigenvalue weighted by Gasteiger charge is -2.03. The smallest absolute Gasteiger partial charge is 0.337 e. The molecule has 1 N–H and O–H groups in total. The molecule has 0 aliphatic heterocycles. The van der Waals surface area contributed by atoms with E-state index < -0.39 is 5.97 Å². The summed E-state index contributed by atoms with van der Waals surface area (Å²) in [6, 6.07) is 8.48.